The maximum Gasteiger partial charge on any atom is 0.310 e. The summed E-state index contributed by atoms with van der Waals surface area (Å²) in [5, 5.41) is 2.92. The van der Waals surface area contributed by atoms with Crippen LogP contribution in [0.2, 0.25) is 0 Å². The molecule has 1 amide bonds. The van der Waals surface area contributed by atoms with Crippen molar-refractivity contribution in [3.8, 4) is 0 Å². The average molecular weight is 333 g/mol. The van der Waals surface area contributed by atoms with Gasteiger partial charge >= 0.3 is 5.97 Å². The smallest absolute Gasteiger partial charge is 0.310 e. The predicted octanol–water partition coefficient (Wildman–Crippen LogP) is 1.88. The Bertz CT molecular complexity index is 378. The SMILES string of the molecule is CCOC(=O)C(C)CNC(=O)C1CC2CCCC(C1)C2N.Cl. The van der Waals surface area contributed by atoms with Crippen molar-refractivity contribution in [2.45, 2.75) is 52.0 Å². The van der Waals surface area contributed by atoms with Crippen molar-refractivity contribution in [2.24, 2.45) is 29.4 Å². The molecule has 2 aliphatic carbocycles. The molecule has 5 nitrogen and oxygen atoms in total. The number of nitrogens with two attached hydrogens (primary N) is 1. The van der Waals surface area contributed by atoms with Gasteiger partial charge in [-0.2, -0.15) is 0 Å². The molecule has 0 saturated heterocycles. The van der Waals surface area contributed by atoms with Gasteiger partial charge in [0.1, 0.15) is 0 Å². The van der Waals surface area contributed by atoms with Crippen LogP contribution in [0.4, 0.5) is 0 Å². The maximum atomic E-state index is 12.3. The highest BCUT2D eigenvalue weighted by Crippen LogP contribution is 2.41. The highest BCUT2D eigenvalue weighted by Gasteiger charge is 2.40. The number of hydrogen-bond donors (Lipinski definition) is 2. The number of rotatable bonds is 5. The Hall–Kier alpha value is -0.810. The number of halogens is 1. The molecule has 2 rings (SSSR count). The van der Waals surface area contributed by atoms with Crippen LogP contribution in [0.5, 0.6) is 0 Å². The molecule has 3 N–H and O–H groups in total. The summed E-state index contributed by atoms with van der Waals surface area (Å²) in [6, 6.07) is 0.279. The standard InChI is InChI=1S/C16H28N2O3.ClH/c1-3-21-16(20)10(2)9-18-15(19)13-7-11-5-4-6-12(8-13)14(11)17;/h10-14H,3-9,17H2,1-2H3,(H,18,19);1H. The first-order chi connectivity index (χ1) is 10.0. The third-order valence-corrected chi connectivity index (χ3v) is 5.06. The predicted molar refractivity (Wildman–Crippen MR) is 87.6 cm³/mol. The summed E-state index contributed by atoms with van der Waals surface area (Å²) >= 11 is 0. The van der Waals surface area contributed by atoms with Gasteiger partial charge in [-0.1, -0.05) is 13.3 Å². The van der Waals surface area contributed by atoms with E-state index < -0.39 is 0 Å². The van der Waals surface area contributed by atoms with E-state index in [9.17, 15) is 9.59 Å². The molecule has 3 unspecified atom stereocenters. The molecule has 22 heavy (non-hydrogen) atoms. The number of carbonyl (C=O) groups is 2. The van der Waals surface area contributed by atoms with Crippen LogP contribution in [0, 0.1) is 23.7 Å². The summed E-state index contributed by atoms with van der Waals surface area (Å²) in [5.74, 6) is 0.593. The fourth-order valence-corrected chi connectivity index (χ4v) is 3.77. The van der Waals surface area contributed by atoms with Crippen molar-refractivity contribution in [2.75, 3.05) is 13.2 Å². The number of carbonyl (C=O) groups excluding carboxylic acids is 2. The third kappa shape index (κ3) is 4.59. The maximum absolute atomic E-state index is 12.3. The third-order valence-electron chi connectivity index (χ3n) is 5.06. The molecule has 2 aliphatic rings. The largest absolute Gasteiger partial charge is 0.466 e. The fourth-order valence-electron chi connectivity index (χ4n) is 3.77. The second kappa shape index (κ2) is 8.73. The number of ether oxygens (including phenoxy) is 1. The van der Waals surface area contributed by atoms with E-state index in [2.05, 4.69) is 5.32 Å². The minimum atomic E-state index is -0.292. The van der Waals surface area contributed by atoms with Crippen LogP contribution in [0.3, 0.4) is 0 Å². The lowest BCUT2D eigenvalue weighted by atomic mass is 9.65. The van der Waals surface area contributed by atoms with Gasteiger partial charge in [0, 0.05) is 18.5 Å². The van der Waals surface area contributed by atoms with Crippen LogP contribution in [-0.4, -0.2) is 31.1 Å². The summed E-state index contributed by atoms with van der Waals surface area (Å²) in [7, 11) is 0. The van der Waals surface area contributed by atoms with Crippen molar-refractivity contribution in [3.63, 3.8) is 0 Å². The van der Waals surface area contributed by atoms with E-state index in [-0.39, 0.29) is 42.2 Å². The Kier molecular flexibility index (Phi) is 7.63. The van der Waals surface area contributed by atoms with Gasteiger partial charge in [0.2, 0.25) is 5.91 Å². The molecule has 3 atom stereocenters. The zero-order chi connectivity index (χ0) is 15.4. The minimum Gasteiger partial charge on any atom is -0.466 e. The van der Waals surface area contributed by atoms with Gasteiger partial charge in [-0.15, -0.1) is 12.4 Å². The molecular formula is C16H29ClN2O3. The molecule has 0 aromatic heterocycles. The Labute approximate surface area is 139 Å². The van der Waals surface area contributed by atoms with E-state index in [4.69, 9.17) is 10.5 Å². The highest BCUT2D eigenvalue weighted by molar-refractivity contribution is 5.85. The van der Waals surface area contributed by atoms with Crippen LogP contribution in [0.25, 0.3) is 0 Å². The van der Waals surface area contributed by atoms with Gasteiger partial charge in [-0.05, 0) is 44.4 Å². The van der Waals surface area contributed by atoms with Crippen molar-refractivity contribution < 1.29 is 14.3 Å². The monoisotopic (exact) mass is 332 g/mol. The summed E-state index contributed by atoms with van der Waals surface area (Å²) in [5.41, 5.74) is 6.25. The molecule has 128 valence electrons. The second-order valence-electron chi connectivity index (χ2n) is 6.59. The number of hydrogen-bond acceptors (Lipinski definition) is 4. The Balaban J connectivity index is 0.00000242. The molecular weight excluding hydrogens is 304 g/mol. The number of esters is 1. The summed E-state index contributed by atoms with van der Waals surface area (Å²) in [6.45, 7) is 4.30. The van der Waals surface area contributed by atoms with Gasteiger partial charge in [-0.3, -0.25) is 9.59 Å². The van der Waals surface area contributed by atoms with Crippen molar-refractivity contribution in [1.82, 2.24) is 5.32 Å². The highest BCUT2D eigenvalue weighted by atomic mass is 35.5. The fraction of sp³-hybridized carbons (Fsp3) is 0.875. The first-order valence-corrected chi connectivity index (χ1v) is 8.22. The number of fused-ring (bicyclic) bond motifs is 2. The van der Waals surface area contributed by atoms with Gasteiger partial charge < -0.3 is 15.8 Å². The molecule has 2 bridgehead atoms. The minimum absolute atomic E-state index is 0. The number of amides is 1. The van der Waals surface area contributed by atoms with E-state index in [0.29, 0.717) is 25.0 Å². The molecule has 0 radical (unpaired) electrons. The lowest BCUT2D eigenvalue weighted by Gasteiger charge is -2.43. The van der Waals surface area contributed by atoms with Crippen molar-refractivity contribution in [3.05, 3.63) is 0 Å². The van der Waals surface area contributed by atoms with Crippen LogP contribution in [0.15, 0.2) is 0 Å². The molecule has 6 heteroatoms. The van der Waals surface area contributed by atoms with E-state index >= 15 is 0 Å². The average Bonchev–Trinajstić information content (AvgIpc) is 2.44. The van der Waals surface area contributed by atoms with Crippen LogP contribution in [0.1, 0.15) is 46.0 Å². The molecule has 0 spiro atoms. The molecule has 2 saturated carbocycles. The molecule has 0 aromatic carbocycles. The van der Waals surface area contributed by atoms with Crippen molar-refractivity contribution >= 4 is 24.3 Å². The van der Waals surface area contributed by atoms with Gasteiger partial charge in [0.05, 0.1) is 12.5 Å². The zero-order valence-corrected chi connectivity index (χ0v) is 14.4. The summed E-state index contributed by atoms with van der Waals surface area (Å²) < 4.78 is 4.95. The van der Waals surface area contributed by atoms with Crippen LogP contribution in [-0.2, 0) is 14.3 Å². The van der Waals surface area contributed by atoms with E-state index in [1.54, 1.807) is 13.8 Å². The van der Waals surface area contributed by atoms with Gasteiger partial charge in [-0.25, -0.2) is 0 Å². The van der Waals surface area contributed by atoms with Crippen molar-refractivity contribution in [1.29, 1.82) is 0 Å². The first kappa shape index (κ1) is 19.2. The van der Waals surface area contributed by atoms with Gasteiger partial charge in [0.25, 0.3) is 0 Å². The van der Waals surface area contributed by atoms with Crippen LogP contribution < -0.4 is 11.1 Å². The summed E-state index contributed by atoms with van der Waals surface area (Å²) in [4.78, 5) is 23.9. The lowest BCUT2D eigenvalue weighted by Crippen LogP contribution is -2.49. The molecule has 0 aromatic rings. The molecule has 0 heterocycles. The Morgan fingerprint density at radius 1 is 1.27 bits per heavy atom. The first-order valence-electron chi connectivity index (χ1n) is 8.22. The zero-order valence-electron chi connectivity index (χ0n) is 13.5. The lowest BCUT2D eigenvalue weighted by molar-refractivity contribution is -0.147. The Morgan fingerprint density at radius 3 is 2.41 bits per heavy atom. The van der Waals surface area contributed by atoms with Crippen LogP contribution >= 0.6 is 12.4 Å². The van der Waals surface area contributed by atoms with E-state index in [0.717, 1.165) is 25.7 Å². The normalized spacial score (nSPS) is 31.6. The number of nitrogens with one attached hydrogen (secondary N) is 1. The second-order valence-corrected chi connectivity index (χ2v) is 6.59. The topological polar surface area (TPSA) is 81.4 Å². The molecule has 2 fully saturated rings. The summed E-state index contributed by atoms with van der Waals surface area (Å²) in [6.07, 6.45) is 5.35. The van der Waals surface area contributed by atoms with E-state index in [1.807, 2.05) is 0 Å². The Morgan fingerprint density at radius 2 is 1.86 bits per heavy atom. The van der Waals surface area contributed by atoms with E-state index in [1.165, 1.54) is 6.42 Å². The quantitative estimate of drug-likeness (QED) is 0.753. The van der Waals surface area contributed by atoms with Gasteiger partial charge in [0.15, 0.2) is 0 Å². The molecule has 0 aliphatic heterocycles.